The average molecular weight is 281 g/mol. The normalized spacial score (nSPS) is 12.0. The van der Waals surface area contributed by atoms with Crippen LogP contribution in [0.25, 0.3) is 0 Å². The zero-order chi connectivity index (χ0) is 13.0. The van der Waals surface area contributed by atoms with Crippen LogP contribution in [-0.2, 0) is 13.3 Å². The molecule has 0 radical (unpaired) electrons. The zero-order valence-electron chi connectivity index (χ0n) is 11.5. The summed E-state index contributed by atoms with van der Waals surface area (Å²) < 4.78 is 17.4. The van der Waals surface area contributed by atoms with Crippen molar-refractivity contribution in [3.8, 4) is 0 Å². The minimum atomic E-state index is -2.37. The van der Waals surface area contributed by atoms with E-state index in [2.05, 4.69) is 12.6 Å². The molecule has 104 valence electrons. The molecule has 0 unspecified atom stereocenters. The first kappa shape index (κ1) is 17.4. The number of unbranched alkanes of at least 4 members (excludes halogenated alkanes) is 3. The van der Waals surface area contributed by atoms with Gasteiger partial charge < -0.3 is 13.3 Å². The van der Waals surface area contributed by atoms with Crippen molar-refractivity contribution < 1.29 is 13.3 Å². The Bertz CT molecular complexity index is 153. The number of rotatable bonds is 12. The second-order valence-corrected chi connectivity index (χ2v) is 7.05. The van der Waals surface area contributed by atoms with Gasteiger partial charge in [-0.1, -0.05) is 12.8 Å². The standard InChI is InChI=1S/C12H28O3SSi/c1-4-13-17(14-5-2,15-6-3)12-10-8-7-9-11-16/h16H,4-12H2,1-3H3. The average Bonchev–Trinajstić information content (AvgIpc) is 2.30. The van der Waals surface area contributed by atoms with Gasteiger partial charge in [-0.05, 0) is 39.4 Å². The van der Waals surface area contributed by atoms with Crippen LogP contribution in [0.2, 0.25) is 6.04 Å². The van der Waals surface area contributed by atoms with Crippen LogP contribution < -0.4 is 0 Å². The van der Waals surface area contributed by atoms with Gasteiger partial charge in [-0.2, -0.15) is 12.6 Å². The molecule has 0 N–H and O–H groups in total. The third-order valence-electron chi connectivity index (χ3n) is 2.48. The Labute approximate surface area is 113 Å². The molecule has 0 aromatic heterocycles. The van der Waals surface area contributed by atoms with Crippen LogP contribution in [0.4, 0.5) is 0 Å². The van der Waals surface area contributed by atoms with Crippen molar-refractivity contribution in [2.24, 2.45) is 0 Å². The number of hydrogen-bond acceptors (Lipinski definition) is 4. The van der Waals surface area contributed by atoms with Crippen molar-refractivity contribution in [2.75, 3.05) is 25.6 Å². The van der Waals surface area contributed by atoms with Gasteiger partial charge in [-0.15, -0.1) is 0 Å². The lowest BCUT2D eigenvalue weighted by Crippen LogP contribution is -2.45. The largest absolute Gasteiger partial charge is 0.500 e. The Morgan fingerprint density at radius 1 is 0.765 bits per heavy atom. The summed E-state index contributed by atoms with van der Waals surface area (Å²) in [6.45, 7) is 8.01. The van der Waals surface area contributed by atoms with Gasteiger partial charge in [0.1, 0.15) is 0 Å². The molecule has 0 bridgehead atoms. The fourth-order valence-electron chi connectivity index (χ4n) is 1.81. The maximum atomic E-state index is 5.80. The third kappa shape index (κ3) is 8.21. The molecule has 17 heavy (non-hydrogen) atoms. The van der Waals surface area contributed by atoms with Crippen LogP contribution in [0.1, 0.15) is 46.5 Å². The molecule has 0 fully saturated rings. The molecular weight excluding hydrogens is 252 g/mol. The van der Waals surface area contributed by atoms with Gasteiger partial charge in [0.25, 0.3) is 0 Å². The monoisotopic (exact) mass is 280 g/mol. The Morgan fingerprint density at radius 3 is 1.65 bits per heavy atom. The topological polar surface area (TPSA) is 27.7 Å². The molecule has 0 rings (SSSR count). The third-order valence-corrected chi connectivity index (χ3v) is 5.95. The van der Waals surface area contributed by atoms with E-state index >= 15 is 0 Å². The van der Waals surface area contributed by atoms with Crippen LogP contribution in [0.15, 0.2) is 0 Å². The number of hydrogen-bond donors (Lipinski definition) is 1. The van der Waals surface area contributed by atoms with E-state index in [0.29, 0.717) is 19.8 Å². The lowest BCUT2D eigenvalue weighted by atomic mass is 10.2. The highest BCUT2D eigenvalue weighted by molar-refractivity contribution is 7.80. The van der Waals surface area contributed by atoms with E-state index in [9.17, 15) is 0 Å². The summed E-state index contributed by atoms with van der Waals surface area (Å²) in [5.74, 6) is 0.977. The summed E-state index contributed by atoms with van der Waals surface area (Å²) in [6.07, 6.45) is 4.76. The highest BCUT2D eigenvalue weighted by Gasteiger charge is 2.39. The van der Waals surface area contributed by atoms with Crippen LogP contribution in [0.3, 0.4) is 0 Å². The Balaban J connectivity index is 4.05. The fraction of sp³-hybridized carbons (Fsp3) is 1.00. The molecule has 0 spiro atoms. The minimum absolute atomic E-state index is 0.670. The van der Waals surface area contributed by atoms with Crippen molar-refractivity contribution in [1.29, 1.82) is 0 Å². The first-order valence-corrected chi connectivity index (χ1v) is 9.33. The molecule has 0 heterocycles. The second kappa shape index (κ2) is 11.5. The predicted octanol–water partition coefficient (Wildman–Crippen LogP) is 3.53. The SMILES string of the molecule is CCO[Si](CCCCCCS)(OCC)OCC. The van der Waals surface area contributed by atoms with Crippen molar-refractivity contribution in [1.82, 2.24) is 0 Å². The molecule has 0 saturated carbocycles. The van der Waals surface area contributed by atoms with Gasteiger partial charge in [-0.3, -0.25) is 0 Å². The summed E-state index contributed by atoms with van der Waals surface area (Å²) in [5, 5.41) is 0. The van der Waals surface area contributed by atoms with Crippen LogP contribution >= 0.6 is 12.6 Å². The molecule has 0 saturated heterocycles. The second-order valence-electron chi connectivity index (χ2n) is 3.87. The summed E-state index contributed by atoms with van der Waals surface area (Å²) >= 11 is 4.21. The molecule has 3 nitrogen and oxygen atoms in total. The molecule has 0 aromatic carbocycles. The molecule has 0 atom stereocenters. The van der Waals surface area contributed by atoms with E-state index in [1.54, 1.807) is 0 Å². The highest BCUT2D eigenvalue weighted by atomic mass is 32.1. The van der Waals surface area contributed by atoms with E-state index in [1.165, 1.54) is 19.3 Å². The van der Waals surface area contributed by atoms with Crippen LogP contribution in [0.5, 0.6) is 0 Å². The maximum Gasteiger partial charge on any atom is 0.500 e. The molecule has 0 aliphatic heterocycles. The van der Waals surface area contributed by atoms with E-state index in [-0.39, 0.29) is 0 Å². The van der Waals surface area contributed by atoms with Crippen molar-refractivity contribution >= 4 is 21.4 Å². The van der Waals surface area contributed by atoms with E-state index < -0.39 is 8.80 Å². The van der Waals surface area contributed by atoms with Gasteiger partial charge in [-0.25, -0.2) is 0 Å². The summed E-state index contributed by atoms with van der Waals surface area (Å²) in [7, 11) is -2.37. The molecular formula is C12H28O3SSi. The van der Waals surface area contributed by atoms with Gasteiger partial charge in [0.15, 0.2) is 0 Å². The predicted molar refractivity (Wildman–Crippen MR) is 77.8 cm³/mol. The lowest BCUT2D eigenvalue weighted by molar-refractivity contribution is 0.0706. The Kier molecular flexibility index (Phi) is 11.8. The molecule has 0 aliphatic rings. The van der Waals surface area contributed by atoms with Crippen molar-refractivity contribution in [3.05, 3.63) is 0 Å². The zero-order valence-corrected chi connectivity index (χ0v) is 13.4. The van der Waals surface area contributed by atoms with E-state index in [0.717, 1.165) is 18.2 Å². The van der Waals surface area contributed by atoms with Gasteiger partial charge >= 0.3 is 8.80 Å². The minimum Gasteiger partial charge on any atom is -0.374 e. The Hall–Kier alpha value is 0.447. The molecule has 0 amide bonds. The van der Waals surface area contributed by atoms with Crippen LogP contribution in [0, 0.1) is 0 Å². The van der Waals surface area contributed by atoms with Gasteiger partial charge in [0, 0.05) is 25.9 Å². The summed E-state index contributed by atoms with van der Waals surface area (Å²) in [6, 6.07) is 0.940. The smallest absolute Gasteiger partial charge is 0.374 e. The maximum absolute atomic E-state index is 5.80. The summed E-state index contributed by atoms with van der Waals surface area (Å²) in [4.78, 5) is 0. The van der Waals surface area contributed by atoms with Gasteiger partial charge in [0.05, 0.1) is 0 Å². The molecule has 5 heteroatoms. The van der Waals surface area contributed by atoms with E-state index in [1.807, 2.05) is 20.8 Å². The first-order chi connectivity index (χ1) is 8.24. The van der Waals surface area contributed by atoms with Crippen molar-refractivity contribution in [2.45, 2.75) is 52.5 Å². The summed E-state index contributed by atoms with van der Waals surface area (Å²) in [5.41, 5.74) is 0. The van der Waals surface area contributed by atoms with Crippen LogP contribution in [-0.4, -0.2) is 34.4 Å². The molecule has 0 aliphatic carbocycles. The quantitative estimate of drug-likeness (QED) is 0.337. The number of thiol groups is 1. The van der Waals surface area contributed by atoms with Gasteiger partial charge in [0.2, 0.25) is 0 Å². The first-order valence-electron chi connectivity index (χ1n) is 6.77. The fourth-order valence-corrected chi connectivity index (χ4v) is 4.72. The Morgan fingerprint density at radius 2 is 1.24 bits per heavy atom. The van der Waals surface area contributed by atoms with Crippen molar-refractivity contribution in [3.63, 3.8) is 0 Å². The van der Waals surface area contributed by atoms with E-state index in [4.69, 9.17) is 13.3 Å². The lowest BCUT2D eigenvalue weighted by Gasteiger charge is -2.28. The molecule has 0 aromatic rings. The highest BCUT2D eigenvalue weighted by Crippen LogP contribution is 2.20.